The molecule has 38 heavy (non-hydrogen) atoms. The number of nitrogens with one attached hydrogen (secondary N) is 1. The van der Waals surface area contributed by atoms with Crippen LogP contribution in [0.3, 0.4) is 0 Å². The summed E-state index contributed by atoms with van der Waals surface area (Å²) in [7, 11) is -3.83. The number of carbonyl (C=O) groups excluding carboxylic acids is 2. The molecule has 0 spiro atoms. The first-order chi connectivity index (χ1) is 18.0. The van der Waals surface area contributed by atoms with Crippen molar-refractivity contribution in [3.8, 4) is 0 Å². The van der Waals surface area contributed by atoms with Gasteiger partial charge in [-0.3, -0.25) is 13.9 Å². The van der Waals surface area contributed by atoms with Gasteiger partial charge in [-0.2, -0.15) is 0 Å². The van der Waals surface area contributed by atoms with Crippen molar-refractivity contribution in [3.63, 3.8) is 0 Å². The minimum Gasteiger partial charge on any atom is -0.355 e. The molecule has 0 heterocycles. The van der Waals surface area contributed by atoms with Gasteiger partial charge in [-0.1, -0.05) is 59.6 Å². The first-order valence-electron chi connectivity index (χ1n) is 11.8. The summed E-state index contributed by atoms with van der Waals surface area (Å²) >= 11 is 15.0. The number of hydrogen-bond donors (Lipinski definition) is 1. The Kier molecular flexibility index (Phi) is 10.8. The molecule has 7 nitrogen and oxygen atoms in total. The van der Waals surface area contributed by atoms with Gasteiger partial charge in [0.25, 0.3) is 0 Å². The van der Waals surface area contributed by atoms with Gasteiger partial charge in [-0.25, -0.2) is 8.42 Å². The van der Waals surface area contributed by atoms with Crippen LogP contribution in [0.25, 0.3) is 0 Å². The minimum absolute atomic E-state index is 0.0870. The number of anilines is 1. The van der Waals surface area contributed by atoms with Gasteiger partial charge in [0.05, 0.1) is 11.9 Å². The van der Waals surface area contributed by atoms with E-state index < -0.39 is 28.5 Å². The Morgan fingerprint density at radius 1 is 0.947 bits per heavy atom. The maximum absolute atomic E-state index is 14.0. The number of amides is 2. The molecule has 0 fully saturated rings. The first kappa shape index (κ1) is 30.2. The lowest BCUT2D eigenvalue weighted by Crippen LogP contribution is -2.53. The highest BCUT2D eigenvalue weighted by Crippen LogP contribution is 2.28. The van der Waals surface area contributed by atoms with Crippen molar-refractivity contribution >= 4 is 73.3 Å². The zero-order valence-electron chi connectivity index (χ0n) is 20.9. The molecule has 0 unspecified atom stereocenters. The Hall–Kier alpha value is -2.34. The van der Waals surface area contributed by atoms with E-state index >= 15 is 0 Å². The Morgan fingerprint density at radius 2 is 1.55 bits per heavy atom. The monoisotopic (exact) mass is 687 g/mol. The van der Waals surface area contributed by atoms with E-state index in [-0.39, 0.29) is 18.9 Å². The molecule has 0 aromatic heterocycles. The smallest absolute Gasteiger partial charge is 0.244 e. The van der Waals surface area contributed by atoms with E-state index in [1.54, 1.807) is 49.4 Å². The molecule has 0 radical (unpaired) electrons. The highest BCUT2D eigenvalue weighted by molar-refractivity contribution is 14.1. The number of hydrogen-bond acceptors (Lipinski definition) is 4. The molecular formula is C27H28Cl2IN3O4S. The Balaban J connectivity index is 2.08. The number of nitrogens with zero attached hydrogens (tertiary/aromatic N) is 2. The second-order valence-corrected chi connectivity index (χ2v) is 12.5. The van der Waals surface area contributed by atoms with Crippen molar-refractivity contribution < 1.29 is 18.0 Å². The van der Waals surface area contributed by atoms with E-state index in [9.17, 15) is 18.0 Å². The van der Waals surface area contributed by atoms with Crippen LogP contribution in [0.2, 0.25) is 10.0 Å². The van der Waals surface area contributed by atoms with Crippen molar-refractivity contribution in [1.82, 2.24) is 10.2 Å². The maximum Gasteiger partial charge on any atom is 0.244 e. The standard InChI is InChI=1S/C27H28Cl2IN3O4S/c1-3-31-27(35)25(16-19-8-5-4-6-9-19)32(17-22-23(28)10-7-11-24(22)29)26(34)18-33(38(2,36)37)21-14-12-20(30)13-15-21/h4-15,25H,3,16-18H2,1-2H3,(H,31,35)/t25-/m0/s1. The lowest BCUT2D eigenvalue weighted by atomic mass is 10.0. The number of benzene rings is 3. The molecular weight excluding hydrogens is 660 g/mol. The molecule has 0 saturated carbocycles. The number of likely N-dealkylation sites (N-methyl/N-ethyl adjacent to an activating group) is 1. The Labute approximate surface area is 247 Å². The van der Waals surface area contributed by atoms with Crippen LogP contribution in [0.5, 0.6) is 0 Å². The predicted octanol–water partition coefficient (Wildman–Crippen LogP) is 5.14. The third kappa shape index (κ3) is 8.08. The van der Waals surface area contributed by atoms with Crippen molar-refractivity contribution in [2.45, 2.75) is 25.9 Å². The minimum atomic E-state index is -3.83. The molecule has 202 valence electrons. The Morgan fingerprint density at radius 3 is 2.11 bits per heavy atom. The SMILES string of the molecule is CCNC(=O)[C@H](Cc1ccccc1)N(Cc1c(Cl)cccc1Cl)C(=O)CN(c1ccc(I)cc1)S(C)(=O)=O. The van der Waals surface area contributed by atoms with Gasteiger partial charge in [0, 0.05) is 38.7 Å². The number of carbonyl (C=O) groups is 2. The molecule has 3 aromatic carbocycles. The fourth-order valence-electron chi connectivity index (χ4n) is 3.92. The number of rotatable bonds is 11. The molecule has 1 N–H and O–H groups in total. The predicted molar refractivity (Wildman–Crippen MR) is 161 cm³/mol. The molecule has 0 saturated heterocycles. The molecule has 0 aliphatic heterocycles. The molecule has 3 rings (SSSR count). The van der Waals surface area contributed by atoms with Crippen LogP contribution >= 0.6 is 45.8 Å². The lowest BCUT2D eigenvalue weighted by Gasteiger charge is -2.33. The van der Waals surface area contributed by atoms with Gasteiger partial charge in [-0.15, -0.1) is 0 Å². The van der Waals surface area contributed by atoms with E-state index in [4.69, 9.17) is 23.2 Å². The summed E-state index contributed by atoms with van der Waals surface area (Å²) in [4.78, 5) is 28.7. The van der Waals surface area contributed by atoms with Gasteiger partial charge < -0.3 is 10.2 Å². The van der Waals surface area contributed by atoms with E-state index in [1.807, 2.05) is 30.3 Å². The van der Waals surface area contributed by atoms with Crippen molar-refractivity contribution in [2.24, 2.45) is 0 Å². The third-order valence-electron chi connectivity index (χ3n) is 5.81. The van der Waals surface area contributed by atoms with Gasteiger partial charge in [0.1, 0.15) is 12.6 Å². The van der Waals surface area contributed by atoms with Crippen LogP contribution in [0.15, 0.2) is 72.8 Å². The average Bonchev–Trinajstić information content (AvgIpc) is 2.87. The normalized spacial score (nSPS) is 12.0. The summed E-state index contributed by atoms with van der Waals surface area (Å²) in [5.74, 6) is -0.940. The molecule has 2 amide bonds. The van der Waals surface area contributed by atoms with Crippen molar-refractivity contribution in [1.29, 1.82) is 0 Å². The van der Waals surface area contributed by atoms with Crippen LogP contribution in [0.4, 0.5) is 5.69 Å². The summed E-state index contributed by atoms with van der Waals surface area (Å²) < 4.78 is 27.5. The van der Waals surface area contributed by atoms with Crippen LogP contribution in [-0.4, -0.2) is 50.5 Å². The molecule has 0 aliphatic carbocycles. The van der Waals surface area contributed by atoms with Gasteiger partial charge in [0.2, 0.25) is 21.8 Å². The van der Waals surface area contributed by atoms with E-state index in [2.05, 4.69) is 27.9 Å². The first-order valence-corrected chi connectivity index (χ1v) is 15.5. The molecule has 3 aromatic rings. The summed E-state index contributed by atoms with van der Waals surface area (Å²) in [6, 6.07) is 20.1. The maximum atomic E-state index is 14.0. The molecule has 11 heteroatoms. The van der Waals surface area contributed by atoms with Gasteiger partial charge in [-0.05, 0) is 71.5 Å². The van der Waals surface area contributed by atoms with Crippen LogP contribution < -0.4 is 9.62 Å². The summed E-state index contributed by atoms with van der Waals surface area (Å²) in [5.41, 5.74) is 1.64. The van der Waals surface area contributed by atoms with Crippen molar-refractivity contribution in [2.75, 3.05) is 23.7 Å². The van der Waals surface area contributed by atoms with Gasteiger partial charge in [0.15, 0.2) is 0 Å². The topological polar surface area (TPSA) is 86.8 Å². The Bertz CT molecular complexity index is 1350. The number of sulfonamides is 1. The second-order valence-electron chi connectivity index (χ2n) is 8.57. The average molecular weight is 688 g/mol. The van der Waals surface area contributed by atoms with E-state index in [0.717, 1.165) is 19.7 Å². The van der Waals surface area contributed by atoms with Gasteiger partial charge >= 0.3 is 0 Å². The lowest BCUT2D eigenvalue weighted by molar-refractivity contribution is -0.140. The fourth-order valence-corrected chi connectivity index (χ4v) is 5.65. The molecule has 0 aliphatic rings. The summed E-state index contributed by atoms with van der Waals surface area (Å²) in [6.45, 7) is 1.55. The zero-order valence-corrected chi connectivity index (χ0v) is 25.4. The van der Waals surface area contributed by atoms with Crippen molar-refractivity contribution in [3.05, 3.63) is 97.5 Å². The van der Waals surface area contributed by atoms with E-state index in [1.165, 1.54) is 4.90 Å². The van der Waals surface area contributed by atoms with Crippen LogP contribution in [0, 0.1) is 3.57 Å². The van der Waals surface area contributed by atoms with E-state index in [0.29, 0.717) is 27.8 Å². The quantitative estimate of drug-likeness (QED) is 0.283. The highest BCUT2D eigenvalue weighted by atomic mass is 127. The second kappa shape index (κ2) is 13.6. The highest BCUT2D eigenvalue weighted by Gasteiger charge is 2.33. The fraction of sp³-hybridized carbons (Fsp3) is 0.259. The molecule has 1 atom stereocenters. The summed E-state index contributed by atoms with van der Waals surface area (Å²) in [6.07, 6.45) is 1.25. The van der Waals surface area contributed by atoms with Crippen LogP contribution in [0.1, 0.15) is 18.1 Å². The molecule has 0 bridgehead atoms. The summed E-state index contributed by atoms with van der Waals surface area (Å²) in [5, 5.41) is 3.48. The third-order valence-corrected chi connectivity index (χ3v) is 8.37. The van der Waals surface area contributed by atoms with Crippen LogP contribution in [-0.2, 0) is 32.6 Å². The largest absolute Gasteiger partial charge is 0.355 e. The number of halogens is 3. The zero-order chi connectivity index (χ0) is 27.9.